The van der Waals surface area contributed by atoms with Gasteiger partial charge in [-0.2, -0.15) is 4.31 Å². The van der Waals surface area contributed by atoms with Crippen LogP contribution < -0.4 is 5.32 Å². The maximum absolute atomic E-state index is 12.7. The molecule has 1 N–H and O–H groups in total. The second-order valence-electron chi connectivity index (χ2n) is 8.03. The zero-order valence-corrected chi connectivity index (χ0v) is 19.0. The Morgan fingerprint density at radius 1 is 1.03 bits per heavy atom. The molecule has 2 amide bonds. The molecule has 2 aromatic carbocycles. The molecule has 2 aromatic rings. The molecule has 8 heteroatoms. The third kappa shape index (κ3) is 5.32. The van der Waals surface area contributed by atoms with Gasteiger partial charge in [0.15, 0.2) is 0 Å². The van der Waals surface area contributed by atoms with Crippen molar-refractivity contribution in [2.45, 2.75) is 44.2 Å². The van der Waals surface area contributed by atoms with Gasteiger partial charge in [-0.3, -0.25) is 9.59 Å². The van der Waals surface area contributed by atoms with E-state index in [1.165, 1.54) is 23.5 Å². The van der Waals surface area contributed by atoms with Crippen molar-refractivity contribution in [2.75, 3.05) is 20.1 Å². The van der Waals surface area contributed by atoms with Crippen molar-refractivity contribution in [3.63, 3.8) is 0 Å². The van der Waals surface area contributed by atoms with Crippen LogP contribution in [-0.2, 0) is 16.6 Å². The van der Waals surface area contributed by atoms with Crippen LogP contribution in [0.25, 0.3) is 0 Å². The highest BCUT2D eigenvalue weighted by atomic mass is 32.2. The maximum atomic E-state index is 12.7. The number of carbonyl (C=O) groups excluding carboxylic acids is 2. The van der Waals surface area contributed by atoms with Crippen LogP contribution in [0.2, 0.25) is 0 Å². The smallest absolute Gasteiger partial charge is 0.253 e. The number of rotatable bonds is 7. The molecule has 1 heterocycles. The molecular weight excluding hydrogens is 414 g/mol. The van der Waals surface area contributed by atoms with E-state index in [2.05, 4.69) is 5.32 Å². The fraction of sp³-hybridized carbons (Fsp3) is 0.391. The van der Waals surface area contributed by atoms with Crippen LogP contribution in [-0.4, -0.2) is 55.6 Å². The van der Waals surface area contributed by atoms with Gasteiger partial charge in [-0.15, -0.1) is 0 Å². The monoisotopic (exact) mass is 443 g/mol. The van der Waals surface area contributed by atoms with Crippen molar-refractivity contribution in [3.05, 3.63) is 65.2 Å². The summed E-state index contributed by atoms with van der Waals surface area (Å²) in [5, 5.41) is 2.81. The van der Waals surface area contributed by atoms with Gasteiger partial charge in [0.1, 0.15) is 0 Å². The van der Waals surface area contributed by atoms with Crippen molar-refractivity contribution >= 4 is 21.8 Å². The van der Waals surface area contributed by atoms with Crippen LogP contribution in [0.5, 0.6) is 0 Å². The molecule has 0 aromatic heterocycles. The normalized spacial score (nSPS) is 14.3. The summed E-state index contributed by atoms with van der Waals surface area (Å²) in [5.74, 6) is -0.363. The van der Waals surface area contributed by atoms with Gasteiger partial charge < -0.3 is 10.2 Å². The average molecular weight is 444 g/mol. The number of carbonyl (C=O) groups is 2. The van der Waals surface area contributed by atoms with Gasteiger partial charge in [-0.1, -0.05) is 18.2 Å². The van der Waals surface area contributed by atoms with Gasteiger partial charge in [0.05, 0.1) is 4.90 Å². The van der Waals surface area contributed by atoms with E-state index in [4.69, 9.17) is 0 Å². The van der Waals surface area contributed by atoms with E-state index in [9.17, 15) is 18.0 Å². The van der Waals surface area contributed by atoms with E-state index in [-0.39, 0.29) is 34.9 Å². The summed E-state index contributed by atoms with van der Waals surface area (Å²) in [4.78, 5) is 27.1. The Hall–Kier alpha value is -2.71. The maximum Gasteiger partial charge on any atom is 0.253 e. The first-order chi connectivity index (χ1) is 14.7. The predicted molar refractivity (Wildman–Crippen MR) is 119 cm³/mol. The largest absolute Gasteiger partial charge is 0.348 e. The predicted octanol–water partition coefficient (Wildman–Crippen LogP) is 2.88. The molecule has 0 unspecified atom stereocenters. The lowest BCUT2D eigenvalue weighted by Crippen LogP contribution is -2.33. The van der Waals surface area contributed by atoms with E-state index in [1.54, 1.807) is 44.2 Å². The number of benzene rings is 2. The van der Waals surface area contributed by atoms with Gasteiger partial charge in [-0.25, -0.2) is 8.42 Å². The minimum atomic E-state index is -3.67. The van der Waals surface area contributed by atoms with Gasteiger partial charge >= 0.3 is 0 Å². The minimum absolute atomic E-state index is 0.0119. The summed E-state index contributed by atoms with van der Waals surface area (Å²) in [5.41, 5.74) is 1.68. The lowest BCUT2D eigenvalue weighted by molar-refractivity contribution is 0.0792. The molecule has 0 aliphatic carbocycles. The number of hydrogen-bond acceptors (Lipinski definition) is 4. The number of nitrogens with one attached hydrogen (secondary N) is 1. The third-order valence-corrected chi connectivity index (χ3v) is 7.55. The second kappa shape index (κ2) is 9.62. The Kier molecular flexibility index (Phi) is 7.12. The van der Waals surface area contributed by atoms with Gasteiger partial charge in [0.2, 0.25) is 10.0 Å². The Morgan fingerprint density at radius 2 is 1.68 bits per heavy atom. The Labute approximate surface area is 184 Å². The molecule has 0 spiro atoms. The Morgan fingerprint density at radius 3 is 2.35 bits per heavy atom. The first-order valence-electron chi connectivity index (χ1n) is 10.4. The van der Waals surface area contributed by atoms with Gasteiger partial charge in [-0.05, 0) is 62.6 Å². The highest BCUT2D eigenvalue weighted by Gasteiger charge is 2.24. The van der Waals surface area contributed by atoms with Crippen LogP contribution >= 0.6 is 0 Å². The quantitative estimate of drug-likeness (QED) is 0.713. The SMILES string of the molecule is CC(C)N(C)S(=O)(=O)c1cccc(C(=O)NCc2cccc(C(=O)N3CCCC3)c2)c1. The Bertz CT molecular complexity index is 1060. The zero-order chi connectivity index (χ0) is 22.6. The van der Waals surface area contributed by atoms with E-state index in [0.29, 0.717) is 5.56 Å². The average Bonchev–Trinajstić information content (AvgIpc) is 3.31. The molecule has 1 fully saturated rings. The van der Waals surface area contributed by atoms with Crippen LogP contribution in [0, 0.1) is 0 Å². The third-order valence-electron chi connectivity index (χ3n) is 5.52. The first-order valence-corrected chi connectivity index (χ1v) is 11.9. The summed E-state index contributed by atoms with van der Waals surface area (Å²) in [6.45, 7) is 5.38. The lowest BCUT2D eigenvalue weighted by atomic mass is 10.1. The number of hydrogen-bond donors (Lipinski definition) is 1. The van der Waals surface area contributed by atoms with Crippen molar-refractivity contribution < 1.29 is 18.0 Å². The van der Waals surface area contributed by atoms with Crippen LogP contribution in [0.1, 0.15) is 53.0 Å². The fourth-order valence-corrected chi connectivity index (χ4v) is 4.86. The van der Waals surface area contributed by atoms with Crippen molar-refractivity contribution in [3.8, 4) is 0 Å². The Balaban J connectivity index is 1.69. The highest BCUT2D eigenvalue weighted by molar-refractivity contribution is 7.89. The van der Waals surface area contributed by atoms with Gasteiger partial charge in [0, 0.05) is 43.9 Å². The molecule has 3 rings (SSSR count). The summed E-state index contributed by atoms with van der Waals surface area (Å²) < 4.78 is 26.7. The summed E-state index contributed by atoms with van der Waals surface area (Å²) in [7, 11) is -2.16. The molecule has 7 nitrogen and oxygen atoms in total. The molecule has 1 saturated heterocycles. The fourth-order valence-electron chi connectivity index (χ4n) is 3.44. The molecule has 0 bridgehead atoms. The molecule has 1 aliphatic rings. The molecule has 0 atom stereocenters. The van der Waals surface area contributed by atoms with E-state index < -0.39 is 10.0 Å². The van der Waals surface area contributed by atoms with E-state index in [1.807, 2.05) is 11.0 Å². The van der Waals surface area contributed by atoms with Crippen molar-refractivity contribution in [1.82, 2.24) is 14.5 Å². The number of amides is 2. The molecular formula is C23H29N3O4S. The molecule has 31 heavy (non-hydrogen) atoms. The first kappa shape index (κ1) is 23.0. The molecule has 1 aliphatic heterocycles. The number of sulfonamides is 1. The van der Waals surface area contributed by atoms with Crippen LogP contribution in [0.15, 0.2) is 53.4 Å². The number of nitrogens with zero attached hydrogens (tertiary/aromatic N) is 2. The number of likely N-dealkylation sites (tertiary alicyclic amines) is 1. The topological polar surface area (TPSA) is 86.8 Å². The molecule has 0 saturated carbocycles. The second-order valence-corrected chi connectivity index (χ2v) is 10.0. The highest BCUT2D eigenvalue weighted by Crippen LogP contribution is 2.18. The van der Waals surface area contributed by atoms with Crippen LogP contribution in [0.4, 0.5) is 0 Å². The summed E-state index contributed by atoms with van der Waals surface area (Å²) >= 11 is 0. The van der Waals surface area contributed by atoms with Crippen molar-refractivity contribution in [1.29, 1.82) is 0 Å². The van der Waals surface area contributed by atoms with E-state index in [0.717, 1.165) is 31.5 Å². The van der Waals surface area contributed by atoms with E-state index >= 15 is 0 Å². The standard InChI is InChI=1S/C23H29N3O4S/c1-17(2)25(3)31(29,30)21-11-7-9-19(15-21)22(27)24-16-18-8-6-10-20(14-18)23(28)26-12-4-5-13-26/h6-11,14-15,17H,4-5,12-13,16H2,1-3H3,(H,24,27). The van der Waals surface area contributed by atoms with Gasteiger partial charge in [0.25, 0.3) is 11.8 Å². The summed E-state index contributed by atoms with van der Waals surface area (Å²) in [6.07, 6.45) is 2.06. The van der Waals surface area contributed by atoms with Crippen molar-refractivity contribution in [2.24, 2.45) is 0 Å². The van der Waals surface area contributed by atoms with Crippen LogP contribution in [0.3, 0.4) is 0 Å². The lowest BCUT2D eigenvalue weighted by Gasteiger charge is -2.21. The summed E-state index contributed by atoms with van der Waals surface area (Å²) in [6, 6.07) is 13.0. The zero-order valence-electron chi connectivity index (χ0n) is 18.2. The minimum Gasteiger partial charge on any atom is -0.348 e. The molecule has 166 valence electrons. The molecule has 0 radical (unpaired) electrons.